The summed E-state index contributed by atoms with van der Waals surface area (Å²) in [5.41, 5.74) is 0. The van der Waals surface area contributed by atoms with E-state index >= 15 is 0 Å². The molecule has 0 fully saturated rings. The van der Waals surface area contributed by atoms with Crippen molar-refractivity contribution in [3.8, 4) is 0 Å². The summed E-state index contributed by atoms with van der Waals surface area (Å²) in [6, 6.07) is 0. The van der Waals surface area contributed by atoms with Crippen LogP contribution in [0.5, 0.6) is 0 Å². The van der Waals surface area contributed by atoms with Crippen LogP contribution in [0.15, 0.2) is 0 Å². The van der Waals surface area contributed by atoms with Gasteiger partial charge in [0.05, 0.1) is 0 Å². The molecule has 0 aromatic carbocycles. The summed E-state index contributed by atoms with van der Waals surface area (Å²) in [7, 11) is 0. The fourth-order valence-electron chi connectivity index (χ4n) is 0. The number of hydrogen-bond acceptors (Lipinski definition) is 4. The van der Waals surface area contributed by atoms with Gasteiger partial charge in [0.25, 0.3) is 0 Å². The third kappa shape index (κ3) is 124. The van der Waals surface area contributed by atoms with E-state index in [1.54, 1.807) is 0 Å². The van der Waals surface area contributed by atoms with Crippen molar-refractivity contribution in [2.24, 2.45) is 0 Å². The molecule has 0 atom stereocenters. The molecular formula is MnMoO4. The van der Waals surface area contributed by atoms with Crippen molar-refractivity contribution < 1.29 is 48.1 Å². The standard InChI is InChI=1S/Mn.Mo.4O/q+2;;;;2*-1. The molecule has 1 radical (unpaired) electrons. The third-order valence-electron chi connectivity index (χ3n) is 0. The van der Waals surface area contributed by atoms with E-state index in [2.05, 4.69) is 0 Å². The summed E-state index contributed by atoms with van der Waals surface area (Å²) in [5.74, 6) is 0. The molecule has 0 rings (SSSR count). The van der Waals surface area contributed by atoms with Crippen LogP contribution in [0, 0.1) is 0 Å². The molecule has 0 N–H and O–H groups in total. The average Bonchev–Trinajstić information content (AvgIpc) is 0.722. The van der Waals surface area contributed by atoms with Crippen molar-refractivity contribution in [2.75, 3.05) is 0 Å². The van der Waals surface area contributed by atoms with Crippen LogP contribution in [0.2, 0.25) is 0 Å². The van der Waals surface area contributed by atoms with Gasteiger partial charge in [-0.05, 0) is 0 Å². The van der Waals surface area contributed by atoms with Crippen LogP contribution in [-0.2, 0) is 40.6 Å². The second-order valence-electron chi connectivity index (χ2n) is 0.408. The summed E-state index contributed by atoms with van der Waals surface area (Å²) >= 11 is -6.02. The van der Waals surface area contributed by atoms with Crippen molar-refractivity contribution in [2.45, 2.75) is 0 Å². The molecule has 6 heteroatoms. The zero-order chi connectivity index (χ0) is 4.50. The van der Waals surface area contributed by atoms with Crippen molar-refractivity contribution in [3.05, 3.63) is 0 Å². The zero-order valence-corrected chi connectivity index (χ0v) is 5.61. The average molecular weight is 215 g/mol. The minimum atomic E-state index is -6.02. The van der Waals surface area contributed by atoms with Crippen molar-refractivity contribution in [1.29, 1.82) is 0 Å². The van der Waals surface area contributed by atoms with Crippen LogP contribution in [0.1, 0.15) is 0 Å². The van der Waals surface area contributed by atoms with Crippen LogP contribution in [0.3, 0.4) is 0 Å². The fourth-order valence-corrected chi connectivity index (χ4v) is 0. The first-order chi connectivity index (χ1) is 2.00. The normalized spacial score (nSPS) is 9.67. The van der Waals surface area contributed by atoms with Gasteiger partial charge in [-0.2, -0.15) is 0 Å². The Morgan fingerprint density at radius 3 is 1.17 bits per heavy atom. The molecule has 37 valence electrons. The van der Waals surface area contributed by atoms with Gasteiger partial charge in [-0.15, -0.1) is 0 Å². The molecular weight excluding hydrogens is 215 g/mol. The van der Waals surface area contributed by atoms with Crippen LogP contribution < -0.4 is 7.52 Å². The van der Waals surface area contributed by atoms with Crippen molar-refractivity contribution >= 4 is 0 Å². The van der Waals surface area contributed by atoms with Gasteiger partial charge in [-0.1, -0.05) is 0 Å². The van der Waals surface area contributed by atoms with Gasteiger partial charge in [-0.3, -0.25) is 0 Å². The molecule has 0 aliphatic heterocycles. The Morgan fingerprint density at radius 1 is 1.17 bits per heavy atom. The Morgan fingerprint density at radius 2 is 1.17 bits per heavy atom. The third-order valence-corrected chi connectivity index (χ3v) is 0. The maximum atomic E-state index is 8.63. The summed E-state index contributed by atoms with van der Waals surface area (Å²) < 4.78 is 34.5. The molecule has 0 amide bonds. The molecule has 0 spiro atoms. The van der Waals surface area contributed by atoms with Gasteiger partial charge in [-0.25, -0.2) is 0 Å². The first kappa shape index (κ1) is 9.87. The molecule has 0 aromatic rings. The molecule has 6 heavy (non-hydrogen) atoms. The summed E-state index contributed by atoms with van der Waals surface area (Å²) in [6.45, 7) is 0. The van der Waals surface area contributed by atoms with Gasteiger partial charge in [0, 0.05) is 0 Å². The van der Waals surface area contributed by atoms with Gasteiger partial charge < -0.3 is 0 Å². The first-order valence-electron chi connectivity index (χ1n) is 0.667. The van der Waals surface area contributed by atoms with Crippen LogP contribution in [0.4, 0.5) is 0 Å². The molecule has 0 bridgehead atoms. The summed E-state index contributed by atoms with van der Waals surface area (Å²) in [5, 5.41) is 0. The van der Waals surface area contributed by atoms with Crippen LogP contribution in [0.25, 0.3) is 0 Å². The molecule has 0 heterocycles. The predicted molar refractivity (Wildman–Crippen MR) is 1.37 cm³/mol. The van der Waals surface area contributed by atoms with Gasteiger partial charge in [0.1, 0.15) is 0 Å². The molecule has 0 saturated heterocycles. The monoisotopic (exact) mass is 217 g/mol. The van der Waals surface area contributed by atoms with Crippen LogP contribution >= 0.6 is 0 Å². The Bertz CT molecular complexity index is 90.7. The SMILES string of the molecule is [Mn+2].[O]=[Mo](=[O])([O-])[O-]. The van der Waals surface area contributed by atoms with E-state index in [9.17, 15) is 0 Å². The Kier molecular flexibility index (Phi) is 4.66. The van der Waals surface area contributed by atoms with Gasteiger partial charge >= 0.3 is 48.1 Å². The molecule has 0 aliphatic carbocycles. The maximum absolute atomic E-state index is 8.63. The molecule has 4 nitrogen and oxygen atoms in total. The van der Waals surface area contributed by atoms with Gasteiger partial charge in [0.2, 0.25) is 0 Å². The Balaban J connectivity index is 0. The van der Waals surface area contributed by atoms with Crippen molar-refractivity contribution in [3.63, 3.8) is 0 Å². The van der Waals surface area contributed by atoms with Crippen molar-refractivity contribution in [1.82, 2.24) is 0 Å². The number of rotatable bonds is 0. The van der Waals surface area contributed by atoms with E-state index < -0.39 is 16.7 Å². The summed E-state index contributed by atoms with van der Waals surface area (Å²) in [6.07, 6.45) is 0. The van der Waals surface area contributed by atoms with E-state index in [1.165, 1.54) is 0 Å². The Hall–Kier alpha value is 0.728. The molecule has 0 unspecified atom stereocenters. The van der Waals surface area contributed by atoms with Crippen LogP contribution in [-0.4, -0.2) is 0 Å². The minimum absolute atomic E-state index is 0. The zero-order valence-electron chi connectivity index (χ0n) is 2.42. The van der Waals surface area contributed by atoms with E-state index in [-0.39, 0.29) is 17.1 Å². The Labute approximate surface area is 48.4 Å². The first-order valence-corrected chi connectivity index (χ1v) is 3.94. The second kappa shape index (κ2) is 2.83. The fraction of sp³-hybridized carbons (Fsp3) is 0. The second-order valence-corrected chi connectivity index (χ2v) is 2.42. The number of hydrogen-bond donors (Lipinski definition) is 0. The van der Waals surface area contributed by atoms with E-state index in [0.717, 1.165) is 0 Å². The molecule has 0 aromatic heterocycles. The van der Waals surface area contributed by atoms with Gasteiger partial charge in [0.15, 0.2) is 0 Å². The topological polar surface area (TPSA) is 80.3 Å². The van der Waals surface area contributed by atoms with E-state index in [4.69, 9.17) is 14.3 Å². The van der Waals surface area contributed by atoms with E-state index in [1.807, 2.05) is 0 Å². The summed E-state index contributed by atoms with van der Waals surface area (Å²) in [4.78, 5) is 0. The predicted octanol–water partition coefficient (Wildman–Crippen LogP) is -2.62. The molecule has 0 aliphatic rings. The quantitative estimate of drug-likeness (QED) is 0.414. The molecule has 0 saturated carbocycles. The van der Waals surface area contributed by atoms with E-state index in [0.29, 0.717) is 0 Å².